The van der Waals surface area contributed by atoms with Crippen LogP contribution in [-0.4, -0.2) is 26.4 Å². The molecule has 0 radical (unpaired) electrons. The quantitative estimate of drug-likeness (QED) is 0.327. The fraction of sp³-hybridized carbons (Fsp3) is 0.308. The first-order valence-corrected chi connectivity index (χ1v) is 11.5. The molecule has 0 atom stereocenters. The highest BCUT2D eigenvalue weighted by Gasteiger charge is 2.20. The zero-order valence-electron chi connectivity index (χ0n) is 19.7. The maximum absolute atomic E-state index is 9.41. The van der Waals surface area contributed by atoms with Gasteiger partial charge in [-0.2, -0.15) is 10.4 Å². The summed E-state index contributed by atoms with van der Waals surface area (Å²) in [5, 5.41) is 18.7. The molecule has 0 fully saturated rings. The van der Waals surface area contributed by atoms with Gasteiger partial charge in [-0.3, -0.25) is 0 Å². The Morgan fingerprint density at radius 2 is 1.85 bits per heavy atom. The molecule has 4 aromatic rings. The minimum Gasteiger partial charge on any atom is -0.373 e. The smallest absolute Gasteiger partial charge is 0.168 e. The van der Waals surface area contributed by atoms with E-state index in [0.29, 0.717) is 34.8 Å². The van der Waals surface area contributed by atoms with Crippen molar-refractivity contribution in [1.82, 2.24) is 19.7 Å². The SMILES string of the molecule is CC(C)COCc1nc(Nc2ccc(C(C)(C)C#N)cc2)c2cnn(-c3ccccc3Cl)c2n1. The first-order chi connectivity index (χ1) is 16.3. The summed E-state index contributed by atoms with van der Waals surface area (Å²) < 4.78 is 7.52. The summed E-state index contributed by atoms with van der Waals surface area (Å²) in [6.45, 7) is 8.89. The van der Waals surface area contributed by atoms with Crippen LogP contribution in [0.4, 0.5) is 11.5 Å². The molecule has 0 aliphatic heterocycles. The van der Waals surface area contributed by atoms with Gasteiger partial charge in [-0.05, 0) is 49.6 Å². The lowest BCUT2D eigenvalue weighted by Gasteiger charge is -2.16. The summed E-state index contributed by atoms with van der Waals surface area (Å²) in [6, 6.07) is 17.6. The minimum absolute atomic E-state index is 0.284. The van der Waals surface area contributed by atoms with Gasteiger partial charge in [0.25, 0.3) is 0 Å². The average molecular weight is 475 g/mol. The average Bonchev–Trinajstić information content (AvgIpc) is 3.23. The van der Waals surface area contributed by atoms with Gasteiger partial charge in [0, 0.05) is 12.3 Å². The molecule has 0 aliphatic rings. The molecule has 7 nitrogen and oxygen atoms in total. The van der Waals surface area contributed by atoms with Crippen LogP contribution in [0.3, 0.4) is 0 Å². The highest BCUT2D eigenvalue weighted by atomic mass is 35.5. The molecule has 0 unspecified atom stereocenters. The molecule has 34 heavy (non-hydrogen) atoms. The van der Waals surface area contributed by atoms with Gasteiger partial charge in [-0.25, -0.2) is 14.6 Å². The number of hydrogen-bond acceptors (Lipinski definition) is 6. The van der Waals surface area contributed by atoms with Gasteiger partial charge in [0.2, 0.25) is 0 Å². The van der Waals surface area contributed by atoms with E-state index in [1.54, 1.807) is 10.9 Å². The number of para-hydroxylation sites is 1. The van der Waals surface area contributed by atoms with Gasteiger partial charge < -0.3 is 10.1 Å². The maximum atomic E-state index is 9.41. The molecule has 1 N–H and O–H groups in total. The van der Waals surface area contributed by atoms with Crippen LogP contribution in [0.1, 0.15) is 39.1 Å². The van der Waals surface area contributed by atoms with Crippen LogP contribution in [0.25, 0.3) is 16.7 Å². The number of nitrogens with zero attached hydrogens (tertiary/aromatic N) is 5. The topological polar surface area (TPSA) is 88.6 Å². The van der Waals surface area contributed by atoms with Crippen LogP contribution in [0.15, 0.2) is 54.7 Å². The number of nitriles is 1. The first kappa shape index (κ1) is 23.7. The van der Waals surface area contributed by atoms with E-state index in [-0.39, 0.29) is 6.61 Å². The highest BCUT2D eigenvalue weighted by molar-refractivity contribution is 6.32. The van der Waals surface area contributed by atoms with E-state index in [2.05, 4.69) is 30.3 Å². The fourth-order valence-electron chi connectivity index (χ4n) is 3.47. The van der Waals surface area contributed by atoms with E-state index in [1.165, 1.54) is 0 Å². The summed E-state index contributed by atoms with van der Waals surface area (Å²) in [7, 11) is 0. The Bertz CT molecular complexity index is 1340. The number of ether oxygens (including phenoxy) is 1. The molecule has 2 aromatic heterocycles. The molecule has 0 spiro atoms. The van der Waals surface area contributed by atoms with Gasteiger partial charge in [-0.1, -0.05) is 49.7 Å². The van der Waals surface area contributed by atoms with E-state index >= 15 is 0 Å². The monoisotopic (exact) mass is 474 g/mol. The van der Waals surface area contributed by atoms with Gasteiger partial charge in [0.1, 0.15) is 12.4 Å². The van der Waals surface area contributed by atoms with Crippen molar-refractivity contribution in [3.63, 3.8) is 0 Å². The molecule has 2 aromatic carbocycles. The van der Waals surface area contributed by atoms with Crippen molar-refractivity contribution in [1.29, 1.82) is 5.26 Å². The normalized spacial score (nSPS) is 11.7. The Labute approximate surface area is 204 Å². The minimum atomic E-state index is -0.558. The number of rotatable bonds is 8. The van der Waals surface area contributed by atoms with Gasteiger partial charge >= 0.3 is 0 Å². The van der Waals surface area contributed by atoms with E-state index < -0.39 is 5.41 Å². The Hall–Kier alpha value is -3.47. The highest BCUT2D eigenvalue weighted by Crippen LogP contribution is 2.29. The van der Waals surface area contributed by atoms with Crippen molar-refractivity contribution in [2.24, 2.45) is 5.92 Å². The van der Waals surface area contributed by atoms with Crippen LogP contribution in [-0.2, 0) is 16.8 Å². The molecule has 174 valence electrons. The molecule has 4 rings (SSSR count). The van der Waals surface area contributed by atoms with Gasteiger partial charge in [-0.15, -0.1) is 0 Å². The molecule has 2 heterocycles. The van der Waals surface area contributed by atoms with Crippen molar-refractivity contribution >= 4 is 34.1 Å². The van der Waals surface area contributed by atoms with Crippen LogP contribution >= 0.6 is 11.6 Å². The molecule has 0 aliphatic carbocycles. The third-order valence-electron chi connectivity index (χ3n) is 5.39. The van der Waals surface area contributed by atoms with E-state index in [0.717, 1.165) is 22.3 Å². The molecule has 0 amide bonds. The summed E-state index contributed by atoms with van der Waals surface area (Å²) >= 11 is 6.44. The molecular formula is C26H27ClN6O. The lowest BCUT2D eigenvalue weighted by molar-refractivity contribution is 0.0925. The zero-order chi connectivity index (χ0) is 24.3. The van der Waals surface area contributed by atoms with Crippen LogP contribution in [0, 0.1) is 17.2 Å². The number of fused-ring (bicyclic) bond motifs is 1. The van der Waals surface area contributed by atoms with E-state index in [9.17, 15) is 5.26 Å². The number of aromatic nitrogens is 4. The fourth-order valence-corrected chi connectivity index (χ4v) is 3.69. The lowest BCUT2D eigenvalue weighted by atomic mass is 9.86. The lowest BCUT2D eigenvalue weighted by Crippen LogP contribution is -2.13. The second-order valence-corrected chi connectivity index (χ2v) is 9.49. The summed E-state index contributed by atoms with van der Waals surface area (Å²) in [5.41, 5.74) is 2.61. The summed E-state index contributed by atoms with van der Waals surface area (Å²) in [4.78, 5) is 9.46. The molecule has 0 bridgehead atoms. The van der Waals surface area contributed by atoms with Crippen molar-refractivity contribution in [3.8, 4) is 11.8 Å². The largest absolute Gasteiger partial charge is 0.373 e. The summed E-state index contributed by atoms with van der Waals surface area (Å²) in [5.74, 6) is 1.58. The second-order valence-electron chi connectivity index (χ2n) is 9.08. The number of benzene rings is 2. The molecule has 0 saturated heterocycles. The maximum Gasteiger partial charge on any atom is 0.168 e. The van der Waals surface area contributed by atoms with Gasteiger partial charge in [0.05, 0.1) is 33.8 Å². The van der Waals surface area contributed by atoms with Crippen LogP contribution < -0.4 is 5.32 Å². The zero-order valence-corrected chi connectivity index (χ0v) is 20.5. The standard InChI is InChI=1S/C26H27ClN6O/c1-17(2)14-34-15-23-31-24(30-19-11-9-18(10-12-19)26(3,4)16-28)20-13-29-33(25(20)32-23)22-8-6-5-7-21(22)27/h5-13,17H,14-15H2,1-4H3,(H,30,31,32). The Balaban J connectivity index is 1.74. The molecule has 8 heteroatoms. The van der Waals surface area contributed by atoms with Crippen molar-refractivity contribution in [3.05, 3.63) is 71.1 Å². The Morgan fingerprint density at radius 3 is 2.53 bits per heavy atom. The molecule has 0 saturated carbocycles. The summed E-state index contributed by atoms with van der Waals surface area (Å²) in [6.07, 6.45) is 1.73. The van der Waals surface area contributed by atoms with Gasteiger partial charge in [0.15, 0.2) is 11.5 Å². The van der Waals surface area contributed by atoms with Crippen molar-refractivity contribution in [2.45, 2.75) is 39.7 Å². The second kappa shape index (κ2) is 9.80. The van der Waals surface area contributed by atoms with Crippen molar-refractivity contribution in [2.75, 3.05) is 11.9 Å². The van der Waals surface area contributed by atoms with Crippen LogP contribution in [0.2, 0.25) is 5.02 Å². The predicted octanol–water partition coefficient (Wildman–Crippen LogP) is 6.19. The third kappa shape index (κ3) is 5.04. The molecular weight excluding hydrogens is 448 g/mol. The third-order valence-corrected chi connectivity index (χ3v) is 5.71. The Kier molecular flexibility index (Phi) is 6.82. The number of halogens is 1. The van der Waals surface area contributed by atoms with Crippen molar-refractivity contribution < 1.29 is 4.74 Å². The predicted molar refractivity (Wildman–Crippen MR) is 135 cm³/mol. The number of hydrogen-bond donors (Lipinski definition) is 1. The number of nitrogens with one attached hydrogen (secondary N) is 1. The Morgan fingerprint density at radius 1 is 1.12 bits per heavy atom. The van der Waals surface area contributed by atoms with Crippen LogP contribution in [0.5, 0.6) is 0 Å². The first-order valence-electron chi connectivity index (χ1n) is 11.1. The van der Waals surface area contributed by atoms with E-state index in [4.69, 9.17) is 26.3 Å². The van der Waals surface area contributed by atoms with E-state index in [1.807, 2.05) is 62.4 Å². The number of anilines is 2.